The molecule has 1 aromatic carbocycles. The quantitative estimate of drug-likeness (QED) is 0.816. The molecule has 1 aromatic rings. The summed E-state index contributed by atoms with van der Waals surface area (Å²) in [6.45, 7) is 1.28. The predicted octanol–water partition coefficient (Wildman–Crippen LogP) is 2.50. The van der Waals surface area contributed by atoms with Crippen LogP contribution >= 0.6 is 15.9 Å². The second-order valence-electron chi connectivity index (χ2n) is 2.96. The van der Waals surface area contributed by atoms with Crippen molar-refractivity contribution in [2.75, 3.05) is 20.3 Å². The SMILES string of the molecule is COc1ccc(Br)cc1C1OCCO1. The zero-order chi connectivity index (χ0) is 9.97. The first kappa shape index (κ1) is 9.96. The molecule has 0 unspecified atom stereocenters. The van der Waals surface area contributed by atoms with Gasteiger partial charge in [0, 0.05) is 4.47 Å². The lowest BCUT2D eigenvalue weighted by atomic mass is 10.2. The van der Waals surface area contributed by atoms with E-state index in [0.29, 0.717) is 13.2 Å². The zero-order valence-electron chi connectivity index (χ0n) is 7.83. The van der Waals surface area contributed by atoms with Gasteiger partial charge >= 0.3 is 0 Å². The highest BCUT2D eigenvalue weighted by Crippen LogP contribution is 2.33. The van der Waals surface area contributed by atoms with E-state index < -0.39 is 0 Å². The second kappa shape index (κ2) is 4.29. The van der Waals surface area contributed by atoms with E-state index in [9.17, 15) is 0 Å². The number of halogens is 1. The smallest absolute Gasteiger partial charge is 0.187 e. The standard InChI is InChI=1S/C10H11BrO3/c1-12-9-3-2-7(11)6-8(9)10-13-4-5-14-10/h2-3,6,10H,4-5H2,1H3. The van der Waals surface area contributed by atoms with Gasteiger partial charge in [-0.25, -0.2) is 0 Å². The van der Waals surface area contributed by atoms with Crippen LogP contribution in [0.15, 0.2) is 22.7 Å². The van der Waals surface area contributed by atoms with Gasteiger partial charge in [0.1, 0.15) is 5.75 Å². The minimum atomic E-state index is -0.289. The molecule has 0 atom stereocenters. The van der Waals surface area contributed by atoms with Crippen LogP contribution in [-0.2, 0) is 9.47 Å². The summed E-state index contributed by atoms with van der Waals surface area (Å²) >= 11 is 3.41. The lowest BCUT2D eigenvalue weighted by Crippen LogP contribution is -2.01. The third-order valence-electron chi connectivity index (χ3n) is 2.07. The van der Waals surface area contributed by atoms with Gasteiger partial charge in [-0.3, -0.25) is 0 Å². The topological polar surface area (TPSA) is 27.7 Å². The molecule has 3 nitrogen and oxygen atoms in total. The maximum absolute atomic E-state index is 5.41. The van der Waals surface area contributed by atoms with E-state index in [1.54, 1.807) is 7.11 Å². The summed E-state index contributed by atoms with van der Waals surface area (Å²) in [4.78, 5) is 0. The molecule has 1 heterocycles. The molecule has 1 aliphatic rings. The Labute approximate surface area is 91.1 Å². The highest BCUT2D eigenvalue weighted by molar-refractivity contribution is 9.10. The maximum atomic E-state index is 5.41. The number of rotatable bonds is 2. The molecule has 14 heavy (non-hydrogen) atoms. The van der Waals surface area contributed by atoms with Gasteiger partial charge in [-0.05, 0) is 18.2 Å². The molecule has 0 saturated carbocycles. The summed E-state index contributed by atoms with van der Waals surface area (Å²) in [6, 6.07) is 5.77. The fraction of sp³-hybridized carbons (Fsp3) is 0.400. The lowest BCUT2D eigenvalue weighted by molar-refractivity contribution is -0.0455. The summed E-state index contributed by atoms with van der Waals surface area (Å²) in [5.41, 5.74) is 0.930. The molecule has 0 spiro atoms. The van der Waals surface area contributed by atoms with Crippen molar-refractivity contribution in [1.29, 1.82) is 0 Å². The Morgan fingerprint density at radius 1 is 1.36 bits per heavy atom. The number of hydrogen-bond donors (Lipinski definition) is 0. The van der Waals surface area contributed by atoms with E-state index in [2.05, 4.69) is 15.9 Å². The van der Waals surface area contributed by atoms with Crippen LogP contribution < -0.4 is 4.74 Å². The van der Waals surface area contributed by atoms with Crippen molar-refractivity contribution >= 4 is 15.9 Å². The summed E-state index contributed by atoms with van der Waals surface area (Å²) in [5, 5.41) is 0. The van der Waals surface area contributed by atoms with Gasteiger partial charge in [-0.15, -0.1) is 0 Å². The van der Waals surface area contributed by atoms with Crippen LogP contribution in [0.25, 0.3) is 0 Å². The van der Waals surface area contributed by atoms with Crippen molar-refractivity contribution in [2.24, 2.45) is 0 Å². The normalized spacial score (nSPS) is 17.3. The Hall–Kier alpha value is -0.580. The van der Waals surface area contributed by atoms with Crippen LogP contribution in [0.2, 0.25) is 0 Å². The molecule has 0 amide bonds. The van der Waals surface area contributed by atoms with Gasteiger partial charge in [0.15, 0.2) is 6.29 Å². The Morgan fingerprint density at radius 2 is 2.07 bits per heavy atom. The number of ether oxygens (including phenoxy) is 3. The highest BCUT2D eigenvalue weighted by Gasteiger charge is 2.22. The third kappa shape index (κ3) is 1.92. The van der Waals surface area contributed by atoms with Crippen LogP contribution in [0, 0.1) is 0 Å². The first-order valence-corrected chi connectivity index (χ1v) is 5.17. The fourth-order valence-corrected chi connectivity index (χ4v) is 1.81. The van der Waals surface area contributed by atoms with Crippen molar-refractivity contribution in [2.45, 2.75) is 6.29 Å². The molecule has 2 rings (SSSR count). The fourth-order valence-electron chi connectivity index (χ4n) is 1.43. The summed E-state index contributed by atoms with van der Waals surface area (Å²) in [7, 11) is 1.64. The van der Waals surface area contributed by atoms with Gasteiger partial charge in [-0.1, -0.05) is 15.9 Å². The molecule has 4 heteroatoms. The van der Waals surface area contributed by atoms with Gasteiger partial charge in [0.25, 0.3) is 0 Å². The Bertz CT molecular complexity index is 321. The molecule has 0 bridgehead atoms. The van der Waals surface area contributed by atoms with Crippen LogP contribution in [0.5, 0.6) is 5.75 Å². The zero-order valence-corrected chi connectivity index (χ0v) is 9.41. The van der Waals surface area contributed by atoms with Crippen LogP contribution in [0.4, 0.5) is 0 Å². The predicted molar refractivity (Wildman–Crippen MR) is 55.3 cm³/mol. The van der Waals surface area contributed by atoms with E-state index in [1.165, 1.54) is 0 Å². The Balaban J connectivity index is 2.33. The largest absolute Gasteiger partial charge is 0.496 e. The van der Waals surface area contributed by atoms with Crippen molar-refractivity contribution < 1.29 is 14.2 Å². The molecule has 0 N–H and O–H groups in total. The van der Waals surface area contributed by atoms with E-state index in [-0.39, 0.29) is 6.29 Å². The number of methoxy groups -OCH3 is 1. The van der Waals surface area contributed by atoms with Crippen molar-refractivity contribution in [3.63, 3.8) is 0 Å². The maximum Gasteiger partial charge on any atom is 0.187 e. The molecular formula is C10H11BrO3. The summed E-state index contributed by atoms with van der Waals surface area (Å²) in [5.74, 6) is 0.792. The molecule has 1 fully saturated rings. The first-order valence-electron chi connectivity index (χ1n) is 4.38. The minimum absolute atomic E-state index is 0.289. The second-order valence-corrected chi connectivity index (χ2v) is 3.88. The lowest BCUT2D eigenvalue weighted by Gasteiger charge is -2.13. The molecule has 0 radical (unpaired) electrons. The van der Waals surface area contributed by atoms with Gasteiger partial charge in [0.2, 0.25) is 0 Å². The molecular weight excluding hydrogens is 248 g/mol. The average molecular weight is 259 g/mol. The molecule has 76 valence electrons. The van der Waals surface area contributed by atoms with Crippen LogP contribution in [0.3, 0.4) is 0 Å². The van der Waals surface area contributed by atoms with Crippen LogP contribution in [0.1, 0.15) is 11.9 Å². The minimum Gasteiger partial charge on any atom is -0.496 e. The van der Waals surface area contributed by atoms with E-state index in [0.717, 1.165) is 15.8 Å². The molecule has 0 aromatic heterocycles. The molecule has 0 aliphatic carbocycles. The van der Waals surface area contributed by atoms with Gasteiger partial charge in [0.05, 0.1) is 25.9 Å². The van der Waals surface area contributed by atoms with Crippen molar-refractivity contribution in [1.82, 2.24) is 0 Å². The monoisotopic (exact) mass is 258 g/mol. The summed E-state index contributed by atoms with van der Waals surface area (Å²) < 4.78 is 17.1. The Morgan fingerprint density at radius 3 is 2.71 bits per heavy atom. The van der Waals surface area contributed by atoms with Crippen LogP contribution in [-0.4, -0.2) is 20.3 Å². The van der Waals surface area contributed by atoms with Crippen molar-refractivity contribution in [3.05, 3.63) is 28.2 Å². The Kier molecular flexibility index (Phi) is 3.05. The van der Waals surface area contributed by atoms with E-state index >= 15 is 0 Å². The number of hydrogen-bond acceptors (Lipinski definition) is 3. The molecule has 1 saturated heterocycles. The van der Waals surface area contributed by atoms with Gasteiger partial charge < -0.3 is 14.2 Å². The summed E-state index contributed by atoms with van der Waals surface area (Å²) in [6.07, 6.45) is -0.289. The highest BCUT2D eigenvalue weighted by atomic mass is 79.9. The molecule has 1 aliphatic heterocycles. The van der Waals surface area contributed by atoms with E-state index in [4.69, 9.17) is 14.2 Å². The number of benzene rings is 1. The first-order chi connectivity index (χ1) is 6.81. The third-order valence-corrected chi connectivity index (χ3v) is 2.56. The van der Waals surface area contributed by atoms with Crippen molar-refractivity contribution in [3.8, 4) is 5.75 Å². The van der Waals surface area contributed by atoms with Gasteiger partial charge in [-0.2, -0.15) is 0 Å². The average Bonchev–Trinajstić information content (AvgIpc) is 2.70. The van der Waals surface area contributed by atoms with E-state index in [1.807, 2.05) is 18.2 Å².